The van der Waals surface area contributed by atoms with Crippen molar-refractivity contribution in [3.63, 3.8) is 0 Å². The minimum atomic E-state index is -0.935. The summed E-state index contributed by atoms with van der Waals surface area (Å²) in [5.41, 5.74) is 0.757. The van der Waals surface area contributed by atoms with Crippen molar-refractivity contribution in [2.45, 2.75) is 96.4 Å². The van der Waals surface area contributed by atoms with Gasteiger partial charge in [-0.15, -0.1) is 0 Å². The van der Waals surface area contributed by atoms with Crippen LogP contribution in [0.4, 0.5) is 4.79 Å². The van der Waals surface area contributed by atoms with Gasteiger partial charge in [0.1, 0.15) is 23.4 Å². The van der Waals surface area contributed by atoms with Gasteiger partial charge < -0.3 is 25.4 Å². The number of hydrogen-bond acceptors (Lipinski definition) is 5. The van der Waals surface area contributed by atoms with Gasteiger partial charge in [0.2, 0.25) is 11.8 Å². The number of carbonyl (C=O) groups is 3. The zero-order valence-electron chi connectivity index (χ0n) is 23.6. The van der Waals surface area contributed by atoms with Crippen LogP contribution in [0.3, 0.4) is 0 Å². The van der Waals surface area contributed by atoms with Gasteiger partial charge in [0.25, 0.3) is 0 Å². The van der Waals surface area contributed by atoms with Crippen LogP contribution in [0.2, 0.25) is 0 Å². The summed E-state index contributed by atoms with van der Waals surface area (Å²) < 4.78 is 5.49. The molecule has 1 aliphatic carbocycles. The van der Waals surface area contributed by atoms with Gasteiger partial charge in [-0.3, -0.25) is 9.59 Å². The van der Waals surface area contributed by atoms with Gasteiger partial charge >= 0.3 is 6.09 Å². The lowest BCUT2D eigenvalue weighted by Gasteiger charge is -2.43. The maximum Gasteiger partial charge on any atom is 0.408 e. The number of amides is 3. The van der Waals surface area contributed by atoms with E-state index in [0.29, 0.717) is 12.1 Å². The quantitative estimate of drug-likeness (QED) is 0.320. The average Bonchev–Trinajstić information content (AvgIpc) is 2.85. The number of alkyl carbamates (subject to hydrolysis) is 1. The molecule has 3 N–H and O–H groups in total. The number of nitrogens with zero attached hydrogens (tertiary/aromatic N) is 1. The minimum Gasteiger partial charge on any atom is -0.508 e. The first-order valence-corrected chi connectivity index (χ1v) is 14.0. The van der Waals surface area contributed by atoms with E-state index < -0.39 is 23.8 Å². The highest BCUT2D eigenvalue weighted by Gasteiger charge is 2.42. The van der Waals surface area contributed by atoms with Gasteiger partial charge in [-0.05, 0) is 69.7 Å². The van der Waals surface area contributed by atoms with Crippen molar-refractivity contribution >= 4 is 17.9 Å². The molecule has 2 aromatic rings. The van der Waals surface area contributed by atoms with Crippen LogP contribution >= 0.6 is 0 Å². The monoisotopic (exact) mass is 537 g/mol. The molecule has 1 fully saturated rings. The molecule has 3 rings (SSSR count). The molecule has 0 aromatic heterocycles. The van der Waals surface area contributed by atoms with Crippen LogP contribution in [0.15, 0.2) is 54.6 Å². The number of rotatable bonds is 12. The number of aromatic hydroxyl groups is 1. The molecule has 0 aliphatic heterocycles. The van der Waals surface area contributed by atoms with Crippen molar-refractivity contribution in [3.05, 3.63) is 65.7 Å². The van der Waals surface area contributed by atoms with E-state index in [0.717, 1.165) is 44.1 Å². The van der Waals surface area contributed by atoms with Crippen molar-refractivity contribution in [2.24, 2.45) is 0 Å². The third-order valence-corrected chi connectivity index (χ3v) is 6.81. The standard InChI is InChI=1S/C31H43N3O5/c1-5-6-10-20-32-28(36)27(23-16-18-25(35)19-17-23)34(24-14-11-15-24)29(37)26(21-22-12-8-7-9-13-22)33-30(38)39-31(2,3)4/h7-9,12-13,16-19,24,26-27,35H,5-6,10-11,14-15,20-21H2,1-4H3,(H,32,36)(H,33,38). The number of nitrogens with one attached hydrogen (secondary N) is 2. The molecule has 0 bridgehead atoms. The van der Waals surface area contributed by atoms with Crippen LogP contribution in [0.5, 0.6) is 5.75 Å². The van der Waals surface area contributed by atoms with Crippen molar-refractivity contribution in [2.75, 3.05) is 6.54 Å². The molecular formula is C31H43N3O5. The molecular weight excluding hydrogens is 494 g/mol. The van der Waals surface area contributed by atoms with Crippen molar-refractivity contribution in [1.82, 2.24) is 15.5 Å². The predicted octanol–water partition coefficient (Wildman–Crippen LogP) is 5.26. The second kappa shape index (κ2) is 14.0. The normalized spacial score (nSPS) is 15.0. The molecule has 39 heavy (non-hydrogen) atoms. The van der Waals surface area contributed by atoms with E-state index in [2.05, 4.69) is 17.6 Å². The molecule has 2 unspecified atom stereocenters. The van der Waals surface area contributed by atoms with Crippen LogP contribution in [-0.2, 0) is 20.7 Å². The van der Waals surface area contributed by atoms with Crippen LogP contribution < -0.4 is 10.6 Å². The Bertz CT molecular complexity index is 1080. The SMILES string of the molecule is CCCCCNC(=O)C(c1ccc(O)cc1)N(C(=O)C(Cc1ccccc1)NC(=O)OC(C)(C)C)C1CCC1. The molecule has 1 aliphatic rings. The van der Waals surface area contributed by atoms with Gasteiger partial charge in [-0.2, -0.15) is 0 Å². The maximum atomic E-state index is 14.4. The molecule has 8 nitrogen and oxygen atoms in total. The van der Waals surface area contributed by atoms with E-state index >= 15 is 0 Å². The molecule has 8 heteroatoms. The first-order chi connectivity index (χ1) is 18.6. The number of hydrogen-bond donors (Lipinski definition) is 3. The summed E-state index contributed by atoms with van der Waals surface area (Å²) in [5.74, 6) is -0.528. The van der Waals surface area contributed by atoms with Gasteiger partial charge in [-0.25, -0.2) is 4.79 Å². The summed E-state index contributed by atoms with van der Waals surface area (Å²) in [6.07, 6.45) is 4.94. The Labute approximate surface area is 232 Å². The summed E-state index contributed by atoms with van der Waals surface area (Å²) in [5, 5.41) is 15.7. The second-order valence-electron chi connectivity index (χ2n) is 11.2. The Balaban J connectivity index is 1.97. The molecule has 212 valence electrons. The van der Waals surface area contributed by atoms with Gasteiger partial charge in [0.05, 0.1) is 0 Å². The Hall–Kier alpha value is -3.55. The van der Waals surface area contributed by atoms with E-state index in [1.54, 1.807) is 37.8 Å². The minimum absolute atomic E-state index is 0.0796. The zero-order valence-corrected chi connectivity index (χ0v) is 23.6. The summed E-state index contributed by atoms with van der Waals surface area (Å²) in [7, 11) is 0. The van der Waals surface area contributed by atoms with Gasteiger partial charge in [0.15, 0.2) is 0 Å². The molecule has 0 saturated heterocycles. The summed E-state index contributed by atoms with van der Waals surface area (Å²) >= 11 is 0. The maximum absolute atomic E-state index is 14.4. The molecule has 1 saturated carbocycles. The Morgan fingerprint density at radius 2 is 1.69 bits per heavy atom. The molecule has 0 heterocycles. The number of benzene rings is 2. The first-order valence-electron chi connectivity index (χ1n) is 14.0. The lowest BCUT2D eigenvalue weighted by Crippen LogP contribution is -2.58. The fraction of sp³-hybridized carbons (Fsp3) is 0.516. The highest BCUT2D eigenvalue weighted by molar-refractivity contribution is 5.92. The summed E-state index contributed by atoms with van der Waals surface area (Å²) in [6.45, 7) is 7.92. The van der Waals surface area contributed by atoms with Gasteiger partial charge in [0, 0.05) is 19.0 Å². The van der Waals surface area contributed by atoms with Crippen LogP contribution in [0, 0.1) is 0 Å². The topological polar surface area (TPSA) is 108 Å². The molecule has 2 aromatic carbocycles. The third-order valence-electron chi connectivity index (χ3n) is 6.81. The van der Waals surface area contributed by atoms with Crippen LogP contribution in [0.25, 0.3) is 0 Å². The number of unbranched alkanes of at least 4 members (excludes halogenated alkanes) is 2. The zero-order chi connectivity index (χ0) is 28.4. The van der Waals surface area contributed by atoms with Crippen molar-refractivity contribution in [1.29, 1.82) is 0 Å². The van der Waals surface area contributed by atoms with Crippen molar-refractivity contribution in [3.8, 4) is 5.75 Å². The second-order valence-corrected chi connectivity index (χ2v) is 11.2. The number of phenols is 1. The van der Waals surface area contributed by atoms with Crippen molar-refractivity contribution < 1.29 is 24.2 Å². The molecule has 2 atom stereocenters. The predicted molar refractivity (Wildman–Crippen MR) is 151 cm³/mol. The highest BCUT2D eigenvalue weighted by atomic mass is 16.6. The number of ether oxygens (including phenoxy) is 1. The fourth-order valence-electron chi connectivity index (χ4n) is 4.64. The Morgan fingerprint density at radius 1 is 1.03 bits per heavy atom. The lowest BCUT2D eigenvalue weighted by atomic mass is 9.87. The smallest absolute Gasteiger partial charge is 0.408 e. The molecule has 0 radical (unpaired) electrons. The lowest BCUT2D eigenvalue weighted by molar-refractivity contribution is -0.147. The highest BCUT2D eigenvalue weighted by Crippen LogP contribution is 2.34. The van der Waals surface area contributed by atoms with E-state index in [1.807, 2.05) is 30.3 Å². The van der Waals surface area contributed by atoms with E-state index in [4.69, 9.17) is 4.74 Å². The van der Waals surface area contributed by atoms with Crippen LogP contribution in [-0.4, -0.2) is 52.1 Å². The Kier molecular flexibility index (Phi) is 10.8. The summed E-state index contributed by atoms with van der Waals surface area (Å²) in [6, 6.07) is 13.9. The Morgan fingerprint density at radius 3 is 2.26 bits per heavy atom. The van der Waals surface area contributed by atoms with Gasteiger partial charge in [-0.1, -0.05) is 62.2 Å². The number of phenolic OH excluding ortho intramolecular Hbond substituents is 1. The molecule has 3 amide bonds. The third kappa shape index (κ3) is 9.01. The largest absolute Gasteiger partial charge is 0.508 e. The van der Waals surface area contributed by atoms with E-state index in [1.165, 1.54) is 12.1 Å². The fourth-order valence-corrected chi connectivity index (χ4v) is 4.64. The first kappa shape index (κ1) is 30.0. The molecule has 0 spiro atoms. The van der Waals surface area contributed by atoms with E-state index in [-0.39, 0.29) is 30.0 Å². The van der Waals surface area contributed by atoms with Crippen LogP contribution in [0.1, 0.15) is 83.4 Å². The summed E-state index contributed by atoms with van der Waals surface area (Å²) in [4.78, 5) is 42.6. The average molecular weight is 538 g/mol. The van der Waals surface area contributed by atoms with E-state index in [9.17, 15) is 19.5 Å². The number of carbonyl (C=O) groups excluding carboxylic acids is 3.